The zero-order chi connectivity index (χ0) is 36.3. The lowest BCUT2D eigenvalue weighted by Crippen LogP contribution is -2.36. The number of aliphatic carboxylic acids is 1. The molecule has 1 aromatic rings. The summed E-state index contributed by atoms with van der Waals surface area (Å²) in [6, 6.07) is 4.19. The van der Waals surface area contributed by atoms with Crippen LogP contribution in [-0.2, 0) is 19.1 Å². The first-order valence-electron chi connectivity index (χ1n) is 14.0. The van der Waals surface area contributed by atoms with Gasteiger partial charge < -0.3 is 25.2 Å². The molecular formula is C30H49Cl4N3O8. The molecule has 0 bridgehead atoms. The first-order chi connectivity index (χ1) is 20.2. The smallest absolute Gasteiger partial charge is 0.408 e. The molecule has 0 aliphatic heterocycles. The van der Waals surface area contributed by atoms with E-state index >= 15 is 0 Å². The molecule has 0 saturated carbocycles. The Kier molecular flexibility index (Phi) is 24.2. The summed E-state index contributed by atoms with van der Waals surface area (Å²) >= 11 is 22.1. The Hall–Kier alpha value is -2.31. The van der Waals surface area contributed by atoms with Crippen molar-refractivity contribution in [2.24, 2.45) is 0 Å². The van der Waals surface area contributed by atoms with E-state index in [2.05, 4.69) is 50.2 Å². The van der Waals surface area contributed by atoms with Gasteiger partial charge in [0.05, 0.1) is 22.2 Å². The van der Waals surface area contributed by atoms with Gasteiger partial charge in [0.2, 0.25) is 0 Å². The molecule has 0 aromatic heterocycles. The van der Waals surface area contributed by atoms with Crippen molar-refractivity contribution in [3.05, 3.63) is 32.8 Å². The molecule has 45 heavy (non-hydrogen) atoms. The number of halogens is 4. The predicted octanol–water partition coefficient (Wildman–Crippen LogP) is 7.85. The number of nitrogens with one attached hydrogen (secondary N) is 2. The Morgan fingerprint density at radius 3 is 1.38 bits per heavy atom. The molecule has 0 saturated heterocycles. The molecule has 0 heterocycles. The summed E-state index contributed by atoms with van der Waals surface area (Å²) in [5.74, 6) is -1.19. The van der Waals surface area contributed by atoms with E-state index in [4.69, 9.17) is 61.0 Å². The number of alkyl carbamates (subject to hydrolysis) is 2. The lowest BCUT2D eigenvalue weighted by atomic mass is 10.2. The maximum absolute atomic E-state index is 10.9. The van der Waals surface area contributed by atoms with E-state index in [1.165, 1.54) is 19.1 Å². The Morgan fingerprint density at radius 2 is 1.16 bits per heavy atom. The van der Waals surface area contributed by atoms with Gasteiger partial charge in [-0.15, -0.1) is 0 Å². The number of rotatable bonds is 8. The summed E-state index contributed by atoms with van der Waals surface area (Å²) in [6.07, 6.45) is -1.28. The van der Waals surface area contributed by atoms with Gasteiger partial charge in [-0.25, -0.2) is 9.59 Å². The number of ether oxygens (including phenoxy) is 2. The Morgan fingerprint density at radius 1 is 0.800 bits per heavy atom. The van der Waals surface area contributed by atoms with Crippen molar-refractivity contribution < 1.29 is 38.6 Å². The van der Waals surface area contributed by atoms with Gasteiger partial charge in [0, 0.05) is 17.1 Å². The molecule has 0 spiro atoms. The lowest BCUT2D eigenvalue weighted by molar-refractivity contribution is -0.136. The topological polar surface area (TPSA) is 151 Å². The van der Waals surface area contributed by atoms with Crippen molar-refractivity contribution in [2.45, 2.75) is 106 Å². The quantitative estimate of drug-likeness (QED) is 0.228. The predicted molar refractivity (Wildman–Crippen MR) is 181 cm³/mol. The fourth-order valence-electron chi connectivity index (χ4n) is 3.03. The number of hydrogen-bond acceptors (Lipinski definition) is 8. The van der Waals surface area contributed by atoms with E-state index in [-0.39, 0.29) is 27.9 Å². The standard InChI is InChI=1S/C8H15NO3.C8H19N.C7H2Cl4O.C7H13NO4/c1-6(10)5-9-7(11)12-8(2,3)4;1-6-9(7(2)3)8(4)5;8-3-1-4(9)6(7(11)12)5(10)2-3;1-7(2,3)12-6(11)8-4-5(9)10/h5H2,1-4H3,(H,9,11);7-8H,6H2,1-5H3;1-2H;4H2,1-3H3,(H,8,11)(H,9,10). The van der Waals surface area contributed by atoms with Crippen LogP contribution >= 0.6 is 46.4 Å². The van der Waals surface area contributed by atoms with Gasteiger partial charge in [-0.2, -0.15) is 0 Å². The van der Waals surface area contributed by atoms with Crippen molar-refractivity contribution in [3.63, 3.8) is 0 Å². The van der Waals surface area contributed by atoms with Crippen LogP contribution in [0.15, 0.2) is 12.1 Å². The van der Waals surface area contributed by atoms with E-state index < -0.39 is 41.1 Å². The summed E-state index contributed by atoms with van der Waals surface area (Å²) < 4.78 is 9.66. The Balaban J connectivity index is -0.000000526. The maximum atomic E-state index is 10.9. The SMILES string of the molecule is CC(=O)CNC(=O)OC(C)(C)C.CC(C)(C)OC(=O)NCC(=O)O.CCN(C(C)C)C(C)C.O=C(Cl)c1c(Cl)cc(Cl)cc1Cl. The van der Waals surface area contributed by atoms with Crippen LogP contribution in [0.5, 0.6) is 0 Å². The third kappa shape index (κ3) is 28.9. The number of nitrogens with zero attached hydrogens (tertiary/aromatic N) is 1. The molecule has 0 aliphatic rings. The van der Waals surface area contributed by atoms with E-state index in [1.807, 2.05) is 0 Å². The van der Waals surface area contributed by atoms with Crippen LogP contribution < -0.4 is 10.6 Å². The largest absolute Gasteiger partial charge is 0.480 e. The van der Waals surface area contributed by atoms with E-state index in [1.54, 1.807) is 41.5 Å². The minimum atomic E-state index is -1.10. The average Bonchev–Trinajstić information content (AvgIpc) is 2.79. The Bertz CT molecular complexity index is 1030. The van der Waals surface area contributed by atoms with Crippen molar-refractivity contribution in [3.8, 4) is 0 Å². The molecule has 2 amide bonds. The van der Waals surface area contributed by atoms with Gasteiger partial charge in [-0.1, -0.05) is 41.7 Å². The maximum Gasteiger partial charge on any atom is 0.408 e. The minimum Gasteiger partial charge on any atom is -0.480 e. The number of ketones is 1. The number of carbonyl (C=O) groups is 5. The van der Waals surface area contributed by atoms with Gasteiger partial charge in [0.1, 0.15) is 23.5 Å². The number of carbonyl (C=O) groups excluding carboxylic acids is 4. The van der Waals surface area contributed by atoms with Crippen LogP contribution in [0.1, 0.15) is 93.4 Å². The zero-order valence-corrected chi connectivity index (χ0v) is 31.2. The third-order valence-corrected chi connectivity index (χ3v) is 5.56. The normalized spacial score (nSPS) is 10.7. The average molecular weight is 722 g/mol. The number of carboxylic acids is 1. The van der Waals surface area contributed by atoms with Gasteiger partial charge >= 0.3 is 18.2 Å². The summed E-state index contributed by atoms with van der Waals surface area (Å²) in [5, 5.41) is 12.6. The molecule has 0 fully saturated rings. The minimum absolute atomic E-state index is 0.0227. The van der Waals surface area contributed by atoms with Crippen LogP contribution in [0.2, 0.25) is 15.1 Å². The molecular weight excluding hydrogens is 672 g/mol. The molecule has 1 rings (SSSR count). The monoisotopic (exact) mass is 719 g/mol. The van der Waals surface area contributed by atoms with Gasteiger partial charge in [0.25, 0.3) is 5.24 Å². The Labute approximate surface area is 287 Å². The highest BCUT2D eigenvalue weighted by molar-refractivity contribution is 6.70. The van der Waals surface area contributed by atoms with Crippen LogP contribution in [0.4, 0.5) is 9.59 Å². The zero-order valence-electron chi connectivity index (χ0n) is 28.2. The number of carboxylic acid groups (broad SMARTS) is 1. The molecule has 260 valence electrons. The highest BCUT2D eigenvalue weighted by Gasteiger charge is 2.17. The lowest BCUT2D eigenvalue weighted by Gasteiger charge is -2.28. The number of hydrogen-bond donors (Lipinski definition) is 3. The number of benzene rings is 1. The molecule has 0 atom stereocenters. The van der Waals surface area contributed by atoms with E-state index in [0.29, 0.717) is 17.1 Å². The number of Topliss-reactive ketones (excluding diaryl/α,β-unsaturated/α-hetero) is 1. The second-order valence-electron chi connectivity index (χ2n) is 11.8. The summed E-state index contributed by atoms with van der Waals surface area (Å²) in [4.78, 5) is 55.3. The van der Waals surface area contributed by atoms with E-state index in [9.17, 15) is 24.0 Å². The second-order valence-corrected chi connectivity index (χ2v) is 13.4. The molecule has 11 nitrogen and oxygen atoms in total. The van der Waals surface area contributed by atoms with Gasteiger partial charge in [-0.3, -0.25) is 19.3 Å². The van der Waals surface area contributed by atoms with Crippen LogP contribution in [-0.4, -0.2) is 82.1 Å². The first-order valence-corrected chi connectivity index (χ1v) is 15.5. The summed E-state index contributed by atoms with van der Waals surface area (Å²) in [5.41, 5.74) is -1.02. The molecule has 0 unspecified atom stereocenters. The fourth-order valence-corrected chi connectivity index (χ4v) is 4.32. The summed E-state index contributed by atoms with van der Waals surface area (Å²) in [6.45, 7) is 23.7. The molecule has 3 N–H and O–H groups in total. The third-order valence-electron chi connectivity index (χ3n) is 4.56. The van der Waals surface area contributed by atoms with Crippen molar-refractivity contribution >= 4 is 75.6 Å². The van der Waals surface area contributed by atoms with Crippen LogP contribution in [0, 0.1) is 0 Å². The van der Waals surface area contributed by atoms with Crippen LogP contribution in [0.25, 0.3) is 0 Å². The van der Waals surface area contributed by atoms with Crippen molar-refractivity contribution in [1.82, 2.24) is 15.5 Å². The molecule has 0 radical (unpaired) electrons. The van der Waals surface area contributed by atoms with Gasteiger partial charge in [0.15, 0.2) is 0 Å². The van der Waals surface area contributed by atoms with Crippen molar-refractivity contribution in [2.75, 3.05) is 19.6 Å². The second kappa shape index (κ2) is 23.1. The molecule has 1 aromatic carbocycles. The van der Waals surface area contributed by atoms with Crippen LogP contribution in [0.3, 0.4) is 0 Å². The molecule has 15 heteroatoms. The summed E-state index contributed by atoms with van der Waals surface area (Å²) in [7, 11) is 0. The van der Waals surface area contributed by atoms with Gasteiger partial charge in [-0.05, 0) is 106 Å². The van der Waals surface area contributed by atoms with E-state index in [0.717, 1.165) is 6.54 Å². The van der Waals surface area contributed by atoms with Crippen molar-refractivity contribution in [1.29, 1.82) is 0 Å². The molecule has 0 aliphatic carbocycles. The highest BCUT2D eigenvalue weighted by Crippen LogP contribution is 2.29. The fraction of sp³-hybridized carbons (Fsp3) is 0.633. The highest BCUT2D eigenvalue weighted by atomic mass is 35.5. The first kappa shape index (κ1) is 47.1. The number of amides is 2.